The molecular formula is C15H22N2O3. The number of piperidine rings is 1. The first kappa shape index (κ1) is 14.8. The lowest BCUT2D eigenvalue weighted by Gasteiger charge is -2.33. The Balaban J connectivity index is 1.83. The van der Waals surface area contributed by atoms with Gasteiger partial charge in [-0.2, -0.15) is 0 Å². The summed E-state index contributed by atoms with van der Waals surface area (Å²) in [5, 5.41) is 9.68. The van der Waals surface area contributed by atoms with Crippen molar-refractivity contribution in [3.05, 3.63) is 29.8 Å². The summed E-state index contributed by atoms with van der Waals surface area (Å²) in [6.45, 7) is 2.63. The number of aliphatic hydroxyl groups is 1. The molecule has 110 valence electrons. The highest BCUT2D eigenvalue weighted by Gasteiger charge is 2.28. The lowest BCUT2D eigenvalue weighted by molar-refractivity contribution is -0.129. The number of aliphatic hydroxyl groups excluding tert-OH is 1. The van der Waals surface area contributed by atoms with Crippen LogP contribution in [0.5, 0.6) is 5.75 Å². The number of carbonyl (C=O) groups excluding carboxylic acids is 1. The SMILES string of the molecule is COc1ccc(CN2CCC([C@H](O)C(N)=O)CC2)cc1. The minimum absolute atomic E-state index is 0.000354. The van der Waals surface area contributed by atoms with Crippen molar-refractivity contribution in [2.24, 2.45) is 11.7 Å². The van der Waals surface area contributed by atoms with Crippen LogP contribution in [0.3, 0.4) is 0 Å². The number of methoxy groups -OCH3 is 1. The summed E-state index contributed by atoms with van der Waals surface area (Å²) < 4.78 is 5.14. The monoisotopic (exact) mass is 278 g/mol. The Morgan fingerprint density at radius 3 is 2.50 bits per heavy atom. The van der Waals surface area contributed by atoms with Gasteiger partial charge in [-0.3, -0.25) is 9.69 Å². The van der Waals surface area contributed by atoms with Crippen LogP contribution >= 0.6 is 0 Å². The molecule has 1 atom stereocenters. The number of likely N-dealkylation sites (tertiary alicyclic amines) is 1. The topological polar surface area (TPSA) is 75.8 Å². The molecule has 0 saturated carbocycles. The molecule has 2 rings (SSSR count). The number of hydrogen-bond acceptors (Lipinski definition) is 4. The van der Waals surface area contributed by atoms with Crippen LogP contribution in [0.2, 0.25) is 0 Å². The third-order valence-corrected chi connectivity index (χ3v) is 3.94. The smallest absolute Gasteiger partial charge is 0.246 e. The zero-order chi connectivity index (χ0) is 14.5. The third kappa shape index (κ3) is 3.71. The van der Waals surface area contributed by atoms with Gasteiger partial charge in [-0.25, -0.2) is 0 Å². The van der Waals surface area contributed by atoms with Crippen molar-refractivity contribution in [1.82, 2.24) is 4.90 Å². The van der Waals surface area contributed by atoms with E-state index in [0.717, 1.165) is 38.2 Å². The molecule has 0 aliphatic carbocycles. The number of rotatable bonds is 5. The van der Waals surface area contributed by atoms with E-state index >= 15 is 0 Å². The first-order valence-corrected chi connectivity index (χ1v) is 6.93. The number of carbonyl (C=O) groups is 1. The minimum Gasteiger partial charge on any atom is -0.497 e. The van der Waals surface area contributed by atoms with E-state index in [1.807, 2.05) is 12.1 Å². The molecule has 0 radical (unpaired) electrons. The van der Waals surface area contributed by atoms with Gasteiger partial charge in [0.25, 0.3) is 0 Å². The highest BCUT2D eigenvalue weighted by molar-refractivity contribution is 5.78. The summed E-state index contributed by atoms with van der Waals surface area (Å²) in [6.07, 6.45) is 0.610. The van der Waals surface area contributed by atoms with Crippen molar-refractivity contribution in [2.75, 3.05) is 20.2 Å². The standard InChI is InChI=1S/C15H22N2O3/c1-20-13-4-2-11(3-5-13)10-17-8-6-12(7-9-17)14(18)15(16)19/h2-5,12,14,18H,6-10H2,1H3,(H2,16,19)/t14-/m0/s1. The maximum absolute atomic E-state index is 11.0. The number of hydrogen-bond donors (Lipinski definition) is 2. The van der Waals surface area contributed by atoms with Crippen molar-refractivity contribution in [3.8, 4) is 5.75 Å². The van der Waals surface area contributed by atoms with Crippen molar-refractivity contribution in [3.63, 3.8) is 0 Å². The number of amides is 1. The van der Waals surface area contributed by atoms with Gasteiger partial charge in [-0.05, 0) is 49.5 Å². The van der Waals surface area contributed by atoms with Gasteiger partial charge in [0.2, 0.25) is 5.91 Å². The van der Waals surface area contributed by atoms with Crippen LogP contribution in [0.25, 0.3) is 0 Å². The summed E-state index contributed by atoms with van der Waals surface area (Å²) in [5.41, 5.74) is 6.37. The molecule has 20 heavy (non-hydrogen) atoms. The van der Waals surface area contributed by atoms with Gasteiger partial charge in [-0.1, -0.05) is 12.1 Å². The highest BCUT2D eigenvalue weighted by Crippen LogP contribution is 2.22. The molecule has 0 spiro atoms. The van der Waals surface area contributed by atoms with Crippen LogP contribution in [-0.2, 0) is 11.3 Å². The summed E-state index contributed by atoms with van der Waals surface area (Å²) in [4.78, 5) is 13.3. The predicted molar refractivity (Wildman–Crippen MR) is 76.2 cm³/mol. The second kappa shape index (κ2) is 6.72. The van der Waals surface area contributed by atoms with Gasteiger partial charge < -0.3 is 15.6 Å². The quantitative estimate of drug-likeness (QED) is 0.833. The van der Waals surface area contributed by atoms with E-state index in [2.05, 4.69) is 17.0 Å². The van der Waals surface area contributed by atoms with Crippen molar-refractivity contribution >= 4 is 5.91 Å². The fourth-order valence-electron chi connectivity index (χ4n) is 2.65. The first-order valence-electron chi connectivity index (χ1n) is 6.93. The molecule has 0 bridgehead atoms. The van der Waals surface area contributed by atoms with E-state index in [-0.39, 0.29) is 5.92 Å². The molecule has 0 aromatic heterocycles. The third-order valence-electron chi connectivity index (χ3n) is 3.94. The number of primary amides is 1. The average molecular weight is 278 g/mol. The normalized spacial score (nSPS) is 18.7. The van der Waals surface area contributed by atoms with E-state index in [9.17, 15) is 9.90 Å². The Labute approximate surface area is 119 Å². The van der Waals surface area contributed by atoms with E-state index in [1.54, 1.807) is 7.11 Å². The van der Waals surface area contributed by atoms with Crippen LogP contribution in [0.4, 0.5) is 0 Å². The molecule has 1 amide bonds. The average Bonchev–Trinajstić information content (AvgIpc) is 2.48. The molecule has 1 aromatic carbocycles. The molecule has 1 aromatic rings. The Morgan fingerprint density at radius 2 is 2.00 bits per heavy atom. The summed E-state index contributed by atoms with van der Waals surface area (Å²) >= 11 is 0. The number of nitrogens with two attached hydrogens (primary N) is 1. The minimum atomic E-state index is -1.00. The van der Waals surface area contributed by atoms with E-state index in [4.69, 9.17) is 10.5 Å². The molecule has 1 fully saturated rings. The van der Waals surface area contributed by atoms with E-state index in [0.29, 0.717) is 0 Å². The summed E-state index contributed by atoms with van der Waals surface area (Å²) in [7, 11) is 1.66. The molecule has 3 N–H and O–H groups in total. The summed E-state index contributed by atoms with van der Waals surface area (Å²) in [6, 6.07) is 8.03. The maximum atomic E-state index is 11.0. The van der Waals surface area contributed by atoms with Crippen LogP contribution in [0.1, 0.15) is 18.4 Å². The number of nitrogens with zero attached hydrogens (tertiary/aromatic N) is 1. The Morgan fingerprint density at radius 1 is 1.40 bits per heavy atom. The van der Waals surface area contributed by atoms with Crippen LogP contribution in [0.15, 0.2) is 24.3 Å². The molecule has 1 heterocycles. The zero-order valence-electron chi connectivity index (χ0n) is 11.8. The van der Waals surface area contributed by atoms with Gasteiger partial charge >= 0.3 is 0 Å². The van der Waals surface area contributed by atoms with Crippen molar-refractivity contribution in [1.29, 1.82) is 0 Å². The zero-order valence-corrected chi connectivity index (χ0v) is 11.8. The molecule has 1 aliphatic heterocycles. The van der Waals surface area contributed by atoms with Gasteiger partial charge in [0, 0.05) is 6.54 Å². The second-order valence-electron chi connectivity index (χ2n) is 5.31. The number of ether oxygens (including phenoxy) is 1. The molecule has 5 nitrogen and oxygen atoms in total. The maximum Gasteiger partial charge on any atom is 0.246 e. The molecule has 1 aliphatic rings. The second-order valence-corrected chi connectivity index (χ2v) is 5.31. The van der Waals surface area contributed by atoms with Crippen molar-refractivity contribution in [2.45, 2.75) is 25.5 Å². The molecule has 5 heteroatoms. The Kier molecular flexibility index (Phi) is 4.98. The van der Waals surface area contributed by atoms with Gasteiger partial charge in [0.15, 0.2) is 0 Å². The Hall–Kier alpha value is -1.59. The summed E-state index contributed by atoms with van der Waals surface area (Å²) in [5.74, 6) is 0.246. The van der Waals surface area contributed by atoms with Crippen LogP contribution < -0.4 is 10.5 Å². The first-order chi connectivity index (χ1) is 9.60. The van der Waals surface area contributed by atoms with Gasteiger partial charge in [0.1, 0.15) is 11.9 Å². The fraction of sp³-hybridized carbons (Fsp3) is 0.533. The predicted octanol–water partition coefficient (Wildman–Crippen LogP) is 0.753. The molecule has 1 saturated heterocycles. The van der Waals surface area contributed by atoms with Gasteiger partial charge in [0.05, 0.1) is 7.11 Å². The largest absolute Gasteiger partial charge is 0.497 e. The van der Waals surface area contributed by atoms with Crippen LogP contribution in [0, 0.1) is 5.92 Å². The van der Waals surface area contributed by atoms with Gasteiger partial charge in [-0.15, -0.1) is 0 Å². The Bertz CT molecular complexity index is 439. The van der Waals surface area contributed by atoms with E-state index < -0.39 is 12.0 Å². The lowest BCUT2D eigenvalue weighted by Crippen LogP contribution is -2.42. The highest BCUT2D eigenvalue weighted by atomic mass is 16.5. The molecule has 0 unspecified atom stereocenters. The molecular weight excluding hydrogens is 256 g/mol. The van der Waals surface area contributed by atoms with Crippen LogP contribution in [-0.4, -0.2) is 42.2 Å². The van der Waals surface area contributed by atoms with E-state index in [1.165, 1.54) is 5.56 Å². The number of benzene rings is 1. The van der Waals surface area contributed by atoms with Crippen molar-refractivity contribution < 1.29 is 14.6 Å². The lowest BCUT2D eigenvalue weighted by atomic mass is 9.90. The fourth-order valence-corrected chi connectivity index (χ4v) is 2.65.